The van der Waals surface area contributed by atoms with Crippen molar-refractivity contribution in [2.75, 3.05) is 41.0 Å². The molecule has 0 amide bonds. The van der Waals surface area contributed by atoms with E-state index < -0.39 is 18.1 Å². The molecule has 0 aromatic heterocycles. The molecule has 2 unspecified atom stereocenters. The number of carboxylic acids is 1. The molecule has 8 heteroatoms. The quantitative estimate of drug-likeness (QED) is 0.0315. The summed E-state index contributed by atoms with van der Waals surface area (Å²) in [7, 11) is 5.49. The van der Waals surface area contributed by atoms with Gasteiger partial charge in [0.2, 0.25) is 0 Å². The van der Waals surface area contributed by atoms with E-state index >= 15 is 0 Å². The van der Waals surface area contributed by atoms with Crippen LogP contribution in [0, 0.1) is 0 Å². The first-order valence-electron chi connectivity index (χ1n) is 19.4. The number of hydrogen-bond donors (Lipinski definition) is 1. The van der Waals surface area contributed by atoms with Crippen LogP contribution in [0.15, 0.2) is 60.8 Å². The van der Waals surface area contributed by atoms with Gasteiger partial charge in [0.15, 0.2) is 12.1 Å². The number of quaternary nitrogens is 1. The van der Waals surface area contributed by atoms with Crippen LogP contribution in [0.4, 0.5) is 0 Å². The van der Waals surface area contributed by atoms with Gasteiger partial charge in [-0.3, -0.25) is 9.59 Å². The lowest BCUT2D eigenvalue weighted by molar-refractivity contribution is -0.887. The van der Waals surface area contributed by atoms with Gasteiger partial charge in [0, 0.05) is 19.3 Å². The van der Waals surface area contributed by atoms with Gasteiger partial charge in [0.25, 0.3) is 0 Å². The minimum absolute atomic E-state index is 0.0435. The van der Waals surface area contributed by atoms with Crippen molar-refractivity contribution >= 4 is 17.9 Å². The summed E-state index contributed by atoms with van der Waals surface area (Å²) < 4.78 is 17.1. The van der Waals surface area contributed by atoms with Gasteiger partial charge in [-0.25, -0.2) is 4.79 Å². The Morgan fingerprint density at radius 2 is 1.12 bits per heavy atom. The molecule has 0 spiro atoms. The summed E-state index contributed by atoms with van der Waals surface area (Å²) in [6, 6.07) is -0.622. The molecule has 0 aliphatic carbocycles. The van der Waals surface area contributed by atoms with E-state index in [0.29, 0.717) is 19.3 Å². The van der Waals surface area contributed by atoms with Crippen molar-refractivity contribution < 1.29 is 38.2 Å². The van der Waals surface area contributed by atoms with Crippen LogP contribution < -0.4 is 0 Å². The molecule has 0 saturated heterocycles. The Kier molecular flexibility index (Phi) is 31.2. The van der Waals surface area contributed by atoms with E-state index in [0.717, 1.165) is 64.2 Å². The molecule has 286 valence electrons. The van der Waals surface area contributed by atoms with Crippen LogP contribution in [0.2, 0.25) is 0 Å². The van der Waals surface area contributed by atoms with Crippen molar-refractivity contribution in [2.24, 2.45) is 0 Å². The Hall–Kier alpha value is -2.97. The third-order valence-electron chi connectivity index (χ3n) is 8.24. The van der Waals surface area contributed by atoms with Gasteiger partial charge < -0.3 is 23.8 Å². The maximum Gasteiger partial charge on any atom is 0.362 e. The second kappa shape index (κ2) is 33.2. The van der Waals surface area contributed by atoms with Crippen molar-refractivity contribution in [1.29, 1.82) is 0 Å². The normalized spacial score (nSPS) is 13.7. The minimum atomic E-state index is -0.885. The third-order valence-corrected chi connectivity index (χ3v) is 8.24. The second-order valence-electron chi connectivity index (χ2n) is 13.9. The van der Waals surface area contributed by atoms with Crippen LogP contribution in [0.5, 0.6) is 0 Å². The summed E-state index contributed by atoms with van der Waals surface area (Å²) in [5.41, 5.74) is 0. The molecule has 0 heterocycles. The molecular weight excluding hydrogens is 630 g/mol. The predicted octanol–water partition coefficient (Wildman–Crippen LogP) is 9.85. The van der Waals surface area contributed by atoms with E-state index in [4.69, 9.17) is 14.2 Å². The lowest BCUT2D eigenvalue weighted by Crippen LogP contribution is -2.50. The van der Waals surface area contributed by atoms with E-state index in [2.05, 4.69) is 74.6 Å². The average molecular weight is 703 g/mol. The highest BCUT2D eigenvalue weighted by molar-refractivity contribution is 5.72. The van der Waals surface area contributed by atoms with E-state index in [1.54, 1.807) is 0 Å². The highest BCUT2D eigenvalue weighted by Gasteiger charge is 2.31. The van der Waals surface area contributed by atoms with Gasteiger partial charge in [-0.1, -0.05) is 126 Å². The van der Waals surface area contributed by atoms with Gasteiger partial charge in [-0.05, 0) is 51.4 Å². The summed E-state index contributed by atoms with van der Waals surface area (Å²) in [5.74, 6) is -1.53. The molecule has 0 aromatic carbocycles. The van der Waals surface area contributed by atoms with Crippen molar-refractivity contribution in [3.8, 4) is 0 Å². The topological polar surface area (TPSA) is 99.1 Å². The Morgan fingerprint density at radius 1 is 0.620 bits per heavy atom. The van der Waals surface area contributed by atoms with Crippen LogP contribution in [-0.4, -0.2) is 80.6 Å². The van der Waals surface area contributed by atoms with E-state index in [9.17, 15) is 19.5 Å². The van der Waals surface area contributed by atoms with Crippen LogP contribution >= 0.6 is 0 Å². The highest BCUT2D eigenvalue weighted by Crippen LogP contribution is 2.13. The number of ether oxygens (including phenoxy) is 3. The fraction of sp³-hybridized carbons (Fsp3) is 0.690. The maximum atomic E-state index is 12.6. The number of carbonyl (C=O) groups excluding carboxylic acids is 2. The molecule has 0 radical (unpaired) electrons. The molecule has 0 aliphatic rings. The molecule has 8 nitrogen and oxygen atoms in total. The van der Waals surface area contributed by atoms with E-state index in [1.165, 1.54) is 38.5 Å². The zero-order valence-corrected chi connectivity index (χ0v) is 32.3. The highest BCUT2D eigenvalue weighted by atomic mass is 16.6. The third kappa shape index (κ3) is 31.0. The molecule has 0 saturated carbocycles. The number of allylic oxidation sites excluding steroid dienone is 10. The molecule has 0 fully saturated rings. The number of carbonyl (C=O) groups is 3. The smallest absolute Gasteiger partial charge is 0.362 e. The summed E-state index contributed by atoms with van der Waals surface area (Å²) in [4.78, 5) is 36.8. The largest absolute Gasteiger partial charge is 0.477 e. The van der Waals surface area contributed by atoms with Gasteiger partial charge in [-0.2, -0.15) is 0 Å². The average Bonchev–Trinajstić information content (AvgIpc) is 3.06. The summed E-state index contributed by atoms with van der Waals surface area (Å²) in [5, 5.41) is 9.58. The lowest BCUT2D eigenvalue weighted by Gasteiger charge is -2.31. The van der Waals surface area contributed by atoms with Gasteiger partial charge in [0.1, 0.15) is 6.61 Å². The first kappa shape index (κ1) is 47.0. The number of hydrogen-bond acceptors (Lipinski definition) is 6. The summed E-state index contributed by atoms with van der Waals surface area (Å²) in [6.07, 6.45) is 38.4. The van der Waals surface area contributed by atoms with Crippen LogP contribution in [0.25, 0.3) is 0 Å². The van der Waals surface area contributed by atoms with Gasteiger partial charge in [0.05, 0.1) is 34.4 Å². The molecule has 0 bridgehead atoms. The van der Waals surface area contributed by atoms with Crippen molar-refractivity contribution in [1.82, 2.24) is 0 Å². The molecule has 50 heavy (non-hydrogen) atoms. The number of aliphatic carboxylic acids is 1. The van der Waals surface area contributed by atoms with Crippen molar-refractivity contribution in [3.63, 3.8) is 0 Å². The Labute approximate surface area is 305 Å². The second-order valence-corrected chi connectivity index (χ2v) is 13.9. The predicted molar refractivity (Wildman–Crippen MR) is 206 cm³/mol. The zero-order chi connectivity index (χ0) is 37.1. The Bertz CT molecular complexity index is 1010. The lowest BCUT2D eigenvalue weighted by atomic mass is 10.1. The Morgan fingerprint density at radius 3 is 1.68 bits per heavy atom. The van der Waals surface area contributed by atoms with Crippen LogP contribution in [-0.2, 0) is 28.6 Å². The number of unbranched alkanes of at least 4 members (excludes halogenated alkanes) is 12. The van der Waals surface area contributed by atoms with Crippen LogP contribution in [0.1, 0.15) is 136 Å². The fourth-order valence-electron chi connectivity index (χ4n) is 5.18. The number of nitrogens with zero attached hydrogens (tertiary/aromatic N) is 1. The number of carboxylic acid groups (broad SMARTS) is 1. The molecular formula is C42H72NO7+. The Balaban J connectivity index is 4.46. The fourth-order valence-corrected chi connectivity index (χ4v) is 5.18. The molecule has 1 N–H and O–H groups in total. The van der Waals surface area contributed by atoms with Crippen LogP contribution in [0.3, 0.4) is 0 Å². The summed E-state index contributed by atoms with van der Waals surface area (Å²) in [6.45, 7) is 4.48. The van der Waals surface area contributed by atoms with E-state index in [-0.39, 0.29) is 36.2 Å². The maximum absolute atomic E-state index is 12.6. The van der Waals surface area contributed by atoms with Gasteiger partial charge >= 0.3 is 17.9 Å². The molecule has 0 rings (SSSR count). The first-order chi connectivity index (χ1) is 24.1. The zero-order valence-electron chi connectivity index (χ0n) is 32.3. The molecule has 0 aromatic rings. The minimum Gasteiger partial charge on any atom is -0.477 e. The van der Waals surface area contributed by atoms with E-state index in [1.807, 2.05) is 21.1 Å². The number of esters is 2. The van der Waals surface area contributed by atoms with Crippen molar-refractivity contribution in [2.45, 2.75) is 148 Å². The summed E-state index contributed by atoms with van der Waals surface area (Å²) >= 11 is 0. The SMILES string of the molecule is CC/C=C/C=C/C=C/CCCCCCCCCC(=O)OCC(COCCC(C(=O)O)[N+](C)(C)C)OC(=O)CCCCC/C=C/C=C/CCCC. The van der Waals surface area contributed by atoms with Gasteiger partial charge in [-0.15, -0.1) is 0 Å². The number of rotatable bonds is 33. The van der Waals surface area contributed by atoms with Crippen molar-refractivity contribution in [3.05, 3.63) is 60.8 Å². The first-order valence-corrected chi connectivity index (χ1v) is 19.4. The standard InChI is InChI=1S/C42H71NO7/c1-6-8-10-12-14-16-18-19-20-21-23-24-26-28-30-32-40(44)49-37-38(36-48-35-34-39(42(46)47)43(3,4)5)50-41(45)33-31-29-27-25-22-17-15-13-11-9-7-2/h8,10,12-18,22,38-39H,6-7,9,11,19-21,23-37H2,1-5H3/p+1/b10-8+,14-12+,15-13+,18-16+,22-17+. The molecule has 2 atom stereocenters. The molecule has 0 aliphatic heterocycles. The monoisotopic (exact) mass is 703 g/mol. The number of likely N-dealkylation sites (N-methyl/N-ethyl adjacent to an activating group) is 1.